The highest BCUT2D eigenvalue weighted by molar-refractivity contribution is 9.08. The molecule has 1 rings (SSSR count). The molecule has 1 nitrogen and oxygen atoms in total. The molecule has 0 radical (unpaired) electrons. The number of hydrogen-bond donors (Lipinski definition) is 0. The number of thioether (sulfide) groups is 1. The molecule has 15 heavy (non-hydrogen) atoms. The molecule has 0 saturated heterocycles. The van der Waals surface area contributed by atoms with Gasteiger partial charge in [-0.15, -0.1) is 23.4 Å². The van der Waals surface area contributed by atoms with Crippen LogP contribution >= 0.6 is 39.3 Å². The van der Waals surface area contributed by atoms with Gasteiger partial charge in [0.15, 0.2) is 5.78 Å². The fraction of sp³-hybridized carbons (Fsp3) is 0.364. The predicted molar refractivity (Wildman–Crippen MR) is 70.1 cm³/mol. The molecule has 1 atom stereocenters. The lowest BCUT2D eigenvalue weighted by Gasteiger charge is -2.12. The van der Waals surface area contributed by atoms with Crippen LogP contribution in [0.3, 0.4) is 0 Å². The number of halogens is 2. The summed E-state index contributed by atoms with van der Waals surface area (Å²) < 4.78 is 0. The molecular weight excluding hydrogens is 296 g/mol. The van der Waals surface area contributed by atoms with Gasteiger partial charge in [0, 0.05) is 10.2 Å². The van der Waals surface area contributed by atoms with E-state index in [1.54, 1.807) is 11.8 Å². The lowest BCUT2D eigenvalue weighted by atomic mass is 10.1. The smallest absolute Gasteiger partial charge is 0.152 e. The average Bonchev–Trinajstić information content (AvgIpc) is 2.27. The maximum atomic E-state index is 11.2. The van der Waals surface area contributed by atoms with Crippen LogP contribution in [0.15, 0.2) is 23.1 Å². The van der Waals surface area contributed by atoms with Crippen LogP contribution in [0, 0.1) is 0 Å². The van der Waals surface area contributed by atoms with Crippen molar-refractivity contribution in [1.29, 1.82) is 0 Å². The van der Waals surface area contributed by atoms with E-state index < -0.39 is 5.38 Å². The van der Waals surface area contributed by atoms with E-state index in [0.717, 1.165) is 15.8 Å². The second kappa shape index (κ2) is 5.92. The molecule has 0 spiro atoms. The molecule has 0 aromatic heterocycles. The van der Waals surface area contributed by atoms with Gasteiger partial charge >= 0.3 is 0 Å². The quantitative estimate of drug-likeness (QED) is 0.613. The summed E-state index contributed by atoms with van der Waals surface area (Å²) in [5.74, 6) is -0.0152. The Kier molecular flexibility index (Phi) is 5.16. The van der Waals surface area contributed by atoms with Crippen LogP contribution in [0.4, 0.5) is 0 Å². The number of Topliss-reactive ketones (excluding diaryl/α,β-unsaturated/α-hetero) is 1. The van der Waals surface area contributed by atoms with Crippen molar-refractivity contribution < 1.29 is 4.79 Å². The lowest BCUT2D eigenvalue weighted by molar-refractivity contribution is -0.116. The second-order valence-corrected chi connectivity index (χ2v) is 5.03. The van der Waals surface area contributed by atoms with Gasteiger partial charge in [-0.1, -0.05) is 28.1 Å². The molecule has 0 bridgehead atoms. The van der Waals surface area contributed by atoms with Crippen LogP contribution < -0.4 is 0 Å². The lowest BCUT2D eigenvalue weighted by Crippen LogP contribution is -2.03. The summed E-state index contributed by atoms with van der Waals surface area (Å²) in [5.41, 5.74) is 2.09. The van der Waals surface area contributed by atoms with Gasteiger partial charge in [0.25, 0.3) is 0 Å². The summed E-state index contributed by atoms with van der Waals surface area (Å²) in [6.45, 7) is 1.51. The molecule has 0 heterocycles. The van der Waals surface area contributed by atoms with Crippen molar-refractivity contribution in [3.05, 3.63) is 29.3 Å². The van der Waals surface area contributed by atoms with Crippen LogP contribution in [0.5, 0.6) is 0 Å². The maximum Gasteiger partial charge on any atom is 0.152 e. The van der Waals surface area contributed by atoms with Crippen molar-refractivity contribution in [3.8, 4) is 0 Å². The van der Waals surface area contributed by atoms with E-state index in [4.69, 9.17) is 11.6 Å². The second-order valence-electron chi connectivity index (χ2n) is 3.18. The summed E-state index contributed by atoms with van der Waals surface area (Å²) >= 11 is 11.1. The SMILES string of the molecule is CSc1cc(CBr)ccc1C(Cl)C(C)=O. The first-order chi connectivity index (χ1) is 7.10. The Labute approximate surface area is 108 Å². The Morgan fingerprint density at radius 3 is 2.73 bits per heavy atom. The Morgan fingerprint density at radius 1 is 1.60 bits per heavy atom. The highest BCUT2D eigenvalue weighted by atomic mass is 79.9. The zero-order valence-electron chi connectivity index (χ0n) is 8.59. The van der Waals surface area contributed by atoms with Gasteiger partial charge in [0.2, 0.25) is 0 Å². The number of carbonyl (C=O) groups excluding carboxylic acids is 1. The Hall–Kier alpha value is 0.01000. The van der Waals surface area contributed by atoms with E-state index in [2.05, 4.69) is 22.0 Å². The van der Waals surface area contributed by atoms with E-state index in [-0.39, 0.29) is 5.78 Å². The van der Waals surface area contributed by atoms with Crippen molar-refractivity contribution in [2.45, 2.75) is 22.5 Å². The molecule has 82 valence electrons. The molecule has 0 saturated carbocycles. The van der Waals surface area contributed by atoms with Crippen molar-refractivity contribution in [2.75, 3.05) is 6.26 Å². The van der Waals surface area contributed by atoms with Crippen molar-refractivity contribution in [2.24, 2.45) is 0 Å². The maximum absolute atomic E-state index is 11.2. The first-order valence-electron chi connectivity index (χ1n) is 4.47. The van der Waals surface area contributed by atoms with Gasteiger partial charge in [0.05, 0.1) is 0 Å². The van der Waals surface area contributed by atoms with E-state index in [1.165, 1.54) is 12.5 Å². The normalized spacial score (nSPS) is 12.5. The van der Waals surface area contributed by atoms with E-state index in [1.807, 2.05) is 18.4 Å². The number of ketones is 1. The Morgan fingerprint density at radius 2 is 2.27 bits per heavy atom. The van der Waals surface area contributed by atoms with Crippen molar-refractivity contribution in [3.63, 3.8) is 0 Å². The van der Waals surface area contributed by atoms with Crippen LogP contribution in [0.2, 0.25) is 0 Å². The average molecular weight is 308 g/mol. The van der Waals surface area contributed by atoms with Gasteiger partial charge in [-0.3, -0.25) is 4.79 Å². The van der Waals surface area contributed by atoms with Gasteiger partial charge in [-0.2, -0.15) is 0 Å². The highest BCUT2D eigenvalue weighted by Crippen LogP contribution is 2.31. The van der Waals surface area contributed by atoms with Crippen LogP contribution in [0.25, 0.3) is 0 Å². The molecule has 0 aliphatic carbocycles. The van der Waals surface area contributed by atoms with Crippen LogP contribution in [-0.2, 0) is 10.1 Å². The minimum Gasteiger partial charge on any atom is -0.298 e. The van der Waals surface area contributed by atoms with Crippen molar-refractivity contribution >= 4 is 45.1 Å². The third-order valence-electron chi connectivity index (χ3n) is 2.08. The fourth-order valence-electron chi connectivity index (χ4n) is 1.27. The van der Waals surface area contributed by atoms with Crippen molar-refractivity contribution in [1.82, 2.24) is 0 Å². The van der Waals surface area contributed by atoms with Gasteiger partial charge in [-0.25, -0.2) is 0 Å². The molecule has 0 fully saturated rings. The van der Waals surface area contributed by atoms with E-state index in [9.17, 15) is 4.79 Å². The van der Waals surface area contributed by atoms with Gasteiger partial charge in [0.1, 0.15) is 5.38 Å². The van der Waals surface area contributed by atoms with Gasteiger partial charge in [-0.05, 0) is 30.4 Å². The number of carbonyl (C=O) groups is 1. The number of benzene rings is 1. The Balaban J connectivity index is 3.12. The summed E-state index contributed by atoms with van der Waals surface area (Å²) in [5, 5.41) is 0.283. The molecule has 0 aliphatic rings. The topological polar surface area (TPSA) is 17.1 Å². The predicted octanol–water partition coefficient (Wildman–Crippen LogP) is 4.17. The first-order valence-corrected chi connectivity index (χ1v) is 7.25. The molecule has 0 N–H and O–H groups in total. The molecule has 1 aromatic carbocycles. The summed E-state index contributed by atoms with van der Waals surface area (Å²) in [4.78, 5) is 12.3. The Bertz CT molecular complexity index is 368. The minimum absolute atomic E-state index is 0.0152. The summed E-state index contributed by atoms with van der Waals surface area (Å²) in [6, 6.07) is 5.98. The third kappa shape index (κ3) is 3.23. The summed E-state index contributed by atoms with van der Waals surface area (Å²) in [6.07, 6.45) is 1.99. The largest absolute Gasteiger partial charge is 0.298 e. The van der Waals surface area contributed by atoms with Gasteiger partial charge < -0.3 is 0 Å². The molecule has 1 aromatic rings. The summed E-state index contributed by atoms with van der Waals surface area (Å²) in [7, 11) is 0. The zero-order valence-corrected chi connectivity index (χ0v) is 11.7. The number of hydrogen-bond acceptors (Lipinski definition) is 2. The number of rotatable bonds is 4. The molecule has 0 aliphatic heterocycles. The zero-order chi connectivity index (χ0) is 11.4. The standard InChI is InChI=1S/C11H12BrClOS/c1-7(14)11(13)9-4-3-8(6-12)5-10(9)15-2/h3-5,11H,6H2,1-2H3. The minimum atomic E-state index is -0.531. The highest BCUT2D eigenvalue weighted by Gasteiger charge is 2.16. The monoisotopic (exact) mass is 306 g/mol. The van der Waals surface area contributed by atoms with E-state index >= 15 is 0 Å². The molecular formula is C11H12BrClOS. The van der Waals surface area contributed by atoms with E-state index in [0.29, 0.717) is 0 Å². The molecule has 4 heteroatoms. The third-order valence-corrected chi connectivity index (χ3v) is 4.07. The molecule has 0 amide bonds. The van der Waals surface area contributed by atoms with Crippen LogP contribution in [-0.4, -0.2) is 12.0 Å². The first kappa shape index (κ1) is 13.1. The molecule has 1 unspecified atom stereocenters. The number of alkyl halides is 2. The fourth-order valence-corrected chi connectivity index (χ4v) is 2.56. The van der Waals surface area contributed by atoms with Crippen LogP contribution in [0.1, 0.15) is 23.4 Å².